The van der Waals surface area contributed by atoms with Gasteiger partial charge in [0, 0.05) is 25.6 Å². The van der Waals surface area contributed by atoms with E-state index < -0.39 is 0 Å². The number of rotatable bonds is 3. The predicted octanol–water partition coefficient (Wildman–Crippen LogP) is 1.39. The van der Waals surface area contributed by atoms with Crippen molar-refractivity contribution in [3.05, 3.63) is 0 Å². The molecule has 2 saturated heterocycles. The van der Waals surface area contributed by atoms with Gasteiger partial charge in [-0.05, 0) is 38.1 Å². The zero-order valence-electron chi connectivity index (χ0n) is 9.67. The second-order valence-corrected chi connectivity index (χ2v) is 5.07. The smallest absolute Gasteiger partial charge is 0.222 e. The van der Waals surface area contributed by atoms with E-state index in [1.165, 1.54) is 19.3 Å². The first-order valence-electron chi connectivity index (χ1n) is 6.27. The molecule has 15 heavy (non-hydrogen) atoms. The van der Waals surface area contributed by atoms with Crippen LogP contribution in [0.2, 0.25) is 0 Å². The maximum atomic E-state index is 11.8. The molecule has 3 nitrogen and oxygen atoms in total. The highest BCUT2D eigenvalue weighted by molar-refractivity contribution is 5.76. The molecule has 0 spiro atoms. The fourth-order valence-electron chi connectivity index (χ4n) is 2.62. The number of hydrogen-bond acceptors (Lipinski definition) is 2. The largest absolute Gasteiger partial charge is 0.342 e. The molecule has 2 aliphatic heterocycles. The summed E-state index contributed by atoms with van der Waals surface area (Å²) in [6.45, 7) is 5.33. The number of carbonyl (C=O) groups is 1. The minimum Gasteiger partial charge on any atom is -0.342 e. The highest BCUT2D eigenvalue weighted by atomic mass is 16.2. The van der Waals surface area contributed by atoms with Crippen LogP contribution in [0.3, 0.4) is 0 Å². The van der Waals surface area contributed by atoms with Gasteiger partial charge in [-0.25, -0.2) is 0 Å². The number of amides is 1. The van der Waals surface area contributed by atoms with Crippen molar-refractivity contribution in [1.29, 1.82) is 0 Å². The summed E-state index contributed by atoms with van der Waals surface area (Å²) < 4.78 is 0. The fraction of sp³-hybridized carbons (Fsp3) is 0.917. The van der Waals surface area contributed by atoms with E-state index in [0.717, 1.165) is 32.5 Å². The summed E-state index contributed by atoms with van der Waals surface area (Å²) >= 11 is 0. The molecule has 1 N–H and O–H groups in total. The van der Waals surface area contributed by atoms with Gasteiger partial charge in [-0.2, -0.15) is 0 Å². The maximum absolute atomic E-state index is 11.8. The molecular formula is C12H22N2O. The fourth-order valence-corrected chi connectivity index (χ4v) is 2.62. The van der Waals surface area contributed by atoms with E-state index in [9.17, 15) is 4.79 Å². The van der Waals surface area contributed by atoms with Gasteiger partial charge in [-0.1, -0.05) is 6.92 Å². The van der Waals surface area contributed by atoms with Crippen LogP contribution in [0.25, 0.3) is 0 Å². The molecule has 0 aliphatic carbocycles. The van der Waals surface area contributed by atoms with Crippen molar-refractivity contribution in [3.8, 4) is 0 Å². The summed E-state index contributed by atoms with van der Waals surface area (Å²) in [5.41, 5.74) is 0. The maximum Gasteiger partial charge on any atom is 0.222 e. The minimum atomic E-state index is 0.369. The second-order valence-electron chi connectivity index (χ2n) is 5.07. The molecule has 2 heterocycles. The van der Waals surface area contributed by atoms with Crippen LogP contribution in [0.15, 0.2) is 0 Å². The summed E-state index contributed by atoms with van der Waals surface area (Å²) in [6, 6.07) is 0.606. The number of nitrogens with zero attached hydrogens (tertiary/aromatic N) is 1. The molecule has 2 rings (SSSR count). The van der Waals surface area contributed by atoms with Crippen molar-refractivity contribution in [2.75, 3.05) is 19.6 Å². The van der Waals surface area contributed by atoms with Crippen LogP contribution >= 0.6 is 0 Å². The Morgan fingerprint density at radius 3 is 2.93 bits per heavy atom. The van der Waals surface area contributed by atoms with Gasteiger partial charge in [0.05, 0.1) is 0 Å². The van der Waals surface area contributed by atoms with E-state index >= 15 is 0 Å². The summed E-state index contributed by atoms with van der Waals surface area (Å²) in [4.78, 5) is 13.9. The number of hydrogen-bond donors (Lipinski definition) is 1. The topological polar surface area (TPSA) is 32.3 Å². The van der Waals surface area contributed by atoms with Crippen molar-refractivity contribution in [2.45, 2.75) is 45.1 Å². The van der Waals surface area contributed by atoms with Gasteiger partial charge in [-0.15, -0.1) is 0 Å². The van der Waals surface area contributed by atoms with Crippen LogP contribution < -0.4 is 5.32 Å². The molecule has 0 radical (unpaired) electrons. The SMILES string of the molecule is CC1CCN(C(=O)CCC2CCCN2)C1. The van der Waals surface area contributed by atoms with Crippen LogP contribution in [-0.2, 0) is 4.79 Å². The van der Waals surface area contributed by atoms with Crippen molar-refractivity contribution in [1.82, 2.24) is 10.2 Å². The molecule has 2 atom stereocenters. The molecule has 3 heteroatoms. The molecule has 1 amide bonds. The third-order valence-electron chi connectivity index (χ3n) is 3.65. The Bertz CT molecular complexity index is 224. The molecule has 2 aliphatic rings. The first kappa shape index (κ1) is 10.9. The third kappa shape index (κ3) is 2.94. The Balaban J connectivity index is 1.67. The van der Waals surface area contributed by atoms with Gasteiger partial charge >= 0.3 is 0 Å². The lowest BCUT2D eigenvalue weighted by Gasteiger charge is -2.17. The molecule has 0 saturated carbocycles. The van der Waals surface area contributed by atoms with Gasteiger partial charge < -0.3 is 10.2 Å². The van der Waals surface area contributed by atoms with E-state index in [1.807, 2.05) is 4.90 Å². The van der Waals surface area contributed by atoms with E-state index in [2.05, 4.69) is 12.2 Å². The van der Waals surface area contributed by atoms with Crippen LogP contribution in [0.4, 0.5) is 0 Å². The molecule has 0 aromatic carbocycles. The van der Waals surface area contributed by atoms with E-state index in [1.54, 1.807) is 0 Å². The van der Waals surface area contributed by atoms with Crippen molar-refractivity contribution < 1.29 is 4.79 Å². The molecular weight excluding hydrogens is 188 g/mol. The van der Waals surface area contributed by atoms with Crippen LogP contribution in [0, 0.1) is 5.92 Å². The van der Waals surface area contributed by atoms with Crippen molar-refractivity contribution in [2.24, 2.45) is 5.92 Å². The Labute approximate surface area is 92.2 Å². The van der Waals surface area contributed by atoms with Crippen molar-refractivity contribution in [3.63, 3.8) is 0 Å². The Morgan fingerprint density at radius 2 is 2.33 bits per heavy atom. The Morgan fingerprint density at radius 1 is 1.47 bits per heavy atom. The monoisotopic (exact) mass is 210 g/mol. The van der Waals surface area contributed by atoms with Crippen LogP contribution in [-0.4, -0.2) is 36.5 Å². The highest BCUT2D eigenvalue weighted by Crippen LogP contribution is 2.17. The molecule has 2 fully saturated rings. The van der Waals surface area contributed by atoms with Crippen molar-refractivity contribution >= 4 is 5.91 Å². The molecule has 2 unspecified atom stereocenters. The highest BCUT2D eigenvalue weighted by Gasteiger charge is 2.24. The molecule has 0 aromatic heterocycles. The molecule has 0 aromatic rings. The van der Waals surface area contributed by atoms with Gasteiger partial charge in [0.2, 0.25) is 5.91 Å². The van der Waals surface area contributed by atoms with E-state index in [4.69, 9.17) is 0 Å². The zero-order chi connectivity index (χ0) is 10.7. The van der Waals surface area contributed by atoms with E-state index in [0.29, 0.717) is 17.9 Å². The Kier molecular flexibility index (Phi) is 3.62. The summed E-state index contributed by atoms with van der Waals surface area (Å²) in [5.74, 6) is 1.08. The first-order chi connectivity index (χ1) is 7.25. The van der Waals surface area contributed by atoms with Gasteiger partial charge in [0.25, 0.3) is 0 Å². The lowest BCUT2D eigenvalue weighted by Crippen LogP contribution is -2.30. The predicted molar refractivity (Wildman–Crippen MR) is 60.6 cm³/mol. The van der Waals surface area contributed by atoms with Gasteiger partial charge in [0.15, 0.2) is 0 Å². The Hall–Kier alpha value is -0.570. The first-order valence-corrected chi connectivity index (χ1v) is 6.27. The van der Waals surface area contributed by atoms with E-state index in [-0.39, 0.29) is 0 Å². The quantitative estimate of drug-likeness (QED) is 0.763. The minimum absolute atomic E-state index is 0.369. The third-order valence-corrected chi connectivity index (χ3v) is 3.65. The molecule has 0 bridgehead atoms. The number of carbonyl (C=O) groups excluding carboxylic acids is 1. The average molecular weight is 210 g/mol. The number of nitrogens with one attached hydrogen (secondary N) is 1. The van der Waals surface area contributed by atoms with Crippen LogP contribution in [0.5, 0.6) is 0 Å². The van der Waals surface area contributed by atoms with Crippen LogP contribution in [0.1, 0.15) is 39.0 Å². The second kappa shape index (κ2) is 4.97. The molecule has 86 valence electrons. The van der Waals surface area contributed by atoms with Gasteiger partial charge in [0.1, 0.15) is 0 Å². The lowest BCUT2D eigenvalue weighted by molar-refractivity contribution is -0.130. The average Bonchev–Trinajstić information content (AvgIpc) is 2.84. The summed E-state index contributed by atoms with van der Waals surface area (Å²) in [5, 5.41) is 3.44. The normalized spacial score (nSPS) is 31.1. The lowest BCUT2D eigenvalue weighted by atomic mass is 10.1. The van der Waals surface area contributed by atoms with Gasteiger partial charge in [-0.3, -0.25) is 4.79 Å². The standard InChI is InChI=1S/C12H22N2O/c1-10-6-8-14(9-10)12(15)5-4-11-3-2-7-13-11/h10-11,13H,2-9H2,1H3. The zero-order valence-corrected chi connectivity index (χ0v) is 9.67. The summed E-state index contributed by atoms with van der Waals surface area (Å²) in [7, 11) is 0. The summed E-state index contributed by atoms with van der Waals surface area (Å²) in [6.07, 6.45) is 5.49. The number of likely N-dealkylation sites (tertiary alicyclic amines) is 1.